The number of para-hydroxylation sites is 2. The number of benzene rings is 3. The Hall–Kier alpha value is -3.89. The number of piperidine rings is 1. The Morgan fingerprint density at radius 1 is 0.909 bits per heavy atom. The molecule has 0 saturated carbocycles. The third kappa shape index (κ3) is 6.32. The second kappa shape index (κ2) is 13.0. The minimum Gasteiger partial charge on any atom is -0.493 e. The van der Waals surface area contributed by atoms with E-state index in [0.717, 1.165) is 86.5 Å². The van der Waals surface area contributed by atoms with Gasteiger partial charge in [-0.1, -0.05) is 18.2 Å². The van der Waals surface area contributed by atoms with Crippen LogP contribution in [-0.2, 0) is 12.0 Å². The maximum Gasteiger partial charge on any atom is 0.203 e. The molecule has 0 radical (unpaired) electrons. The van der Waals surface area contributed by atoms with Gasteiger partial charge in [-0.25, -0.2) is 13.8 Å². The Morgan fingerprint density at radius 2 is 1.66 bits per heavy atom. The number of H-pyrrole nitrogens is 1. The largest absolute Gasteiger partial charge is 0.493 e. The molecule has 2 fully saturated rings. The molecule has 44 heavy (non-hydrogen) atoms. The highest BCUT2D eigenvalue weighted by Gasteiger charge is 2.40. The van der Waals surface area contributed by atoms with Gasteiger partial charge in [-0.05, 0) is 86.3 Å². The smallest absolute Gasteiger partial charge is 0.203 e. The molecule has 3 heterocycles. The summed E-state index contributed by atoms with van der Waals surface area (Å²) < 4.78 is 45.1. The minimum atomic E-state index is -0.810. The third-order valence-corrected chi connectivity index (χ3v) is 9.32. The standard InChI is InChI=1S/C34H41F2N5O3/c1-42-30-18-23(19-31(43-2)32(30)44-3)21-41-17-13-34(22-41,24-8-9-26(35)27(36)20-24)12-16-40-14-10-25(11-15-40)37-33-38-28-6-4-5-7-29(28)39-33/h4-9,18-20,25H,10-17,21-22H2,1-3H3,(H2,37,38,39). The maximum absolute atomic E-state index is 14.5. The average Bonchev–Trinajstić information content (AvgIpc) is 3.65. The van der Waals surface area contributed by atoms with Crippen LogP contribution in [0.3, 0.4) is 0 Å². The summed E-state index contributed by atoms with van der Waals surface area (Å²) in [5, 5.41) is 3.58. The van der Waals surface area contributed by atoms with E-state index in [4.69, 9.17) is 14.2 Å². The summed E-state index contributed by atoms with van der Waals surface area (Å²) in [5.74, 6) is 1.02. The van der Waals surface area contributed by atoms with E-state index in [2.05, 4.69) is 25.1 Å². The average molecular weight is 606 g/mol. The summed E-state index contributed by atoms with van der Waals surface area (Å²) in [6.07, 6.45) is 3.77. The van der Waals surface area contributed by atoms with Gasteiger partial charge in [0.05, 0.1) is 32.4 Å². The van der Waals surface area contributed by atoms with E-state index < -0.39 is 11.6 Å². The van der Waals surface area contributed by atoms with Crippen molar-refractivity contribution in [1.29, 1.82) is 0 Å². The first-order chi connectivity index (χ1) is 21.4. The Balaban J connectivity index is 1.12. The lowest BCUT2D eigenvalue weighted by Gasteiger charge is -2.36. The van der Waals surface area contributed by atoms with E-state index in [1.807, 2.05) is 36.4 Å². The molecular formula is C34H41F2N5O3. The molecule has 0 spiro atoms. The summed E-state index contributed by atoms with van der Waals surface area (Å²) >= 11 is 0. The van der Waals surface area contributed by atoms with Crippen molar-refractivity contribution in [1.82, 2.24) is 19.8 Å². The molecule has 2 N–H and O–H groups in total. The zero-order chi connectivity index (χ0) is 30.7. The van der Waals surface area contributed by atoms with Gasteiger partial charge in [0.25, 0.3) is 0 Å². The van der Waals surface area contributed by atoms with Crippen LogP contribution >= 0.6 is 0 Å². The molecule has 1 unspecified atom stereocenters. The Labute approximate surface area is 257 Å². The first-order valence-electron chi connectivity index (χ1n) is 15.3. The quantitative estimate of drug-likeness (QED) is 0.218. The summed E-state index contributed by atoms with van der Waals surface area (Å²) in [6, 6.07) is 16.8. The highest BCUT2D eigenvalue weighted by Crippen LogP contribution is 2.42. The molecule has 0 amide bonds. The maximum atomic E-state index is 14.5. The van der Waals surface area contributed by atoms with Crippen LogP contribution in [0.5, 0.6) is 17.2 Å². The van der Waals surface area contributed by atoms with Crippen LogP contribution in [-0.4, -0.2) is 79.9 Å². The van der Waals surface area contributed by atoms with E-state index in [1.165, 1.54) is 12.1 Å². The number of nitrogens with one attached hydrogen (secondary N) is 2. The SMILES string of the molecule is COc1cc(CN2CCC(CCN3CCC(Nc4nc5ccccc5[nH]4)CC3)(c3ccc(F)c(F)c3)C2)cc(OC)c1OC. The van der Waals surface area contributed by atoms with Crippen LogP contribution < -0.4 is 19.5 Å². The number of imidazole rings is 1. The molecule has 6 rings (SSSR count). The van der Waals surface area contributed by atoms with Crippen LogP contribution in [0.4, 0.5) is 14.7 Å². The summed E-state index contributed by atoms with van der Waals surface area (Å²) in [4.78, 5) is 12.9. The summed E-state index contributed by atoms with van der Waals surface area (Å²) in [7, 11) is 4.82. The van der Waals surface area contributed by atoms with Crippen LogP contribution in [0, 0.1) is 11.6 Å². The van der Waals surface area contributed by atoms with E-state index in [0.29, 0.717) is 29.8 Å². The lowest BCUT2D eigenvalue weighted by atomic mass is 9.76. The lowest BCUT2D eigenvalue weighted by Crippen LogP contribution is -2.42. The molecule has 1 aromatic heterocycles. The Morgan fingerprint density at radius 3 is 2.34 bits per heavy atom. The van der Waals surface area contributed by atoms with Gasteiger partial charge in [-0.15, -0.1) is 0 Å². The second-order valence-corrected chi connectivity index (χ2v) is 12.0. The van der Waals surface area contributed by atoms with Crippen molar-refractivity contribution in [2.24, 2.45) is 0 Å². The fraction of sp³-hybridized carbons (Fsp3) is 0.441. The number of halogens is 2. The predicted octanol–water partition coefficient (Wildman–Crippen LogP) is 5.98. The molecule has 0 aliphatic carbocycles. The van der Waals surface area contributed by atoms with Crippen molar-refractivity contribution < 1.29 is 23.0 Å². The summed E-state index contributed by atoms with van der Waals surface area (Å²) in [6.45, 7) is 5.12. The Bertz CT molecular complexity index is 1530. The van der Waals surface area contributed by atoms with Crippen LogP contribution in [0.25, 0.3) is 11.0 Å². The fourth-order valence-electron chi connectivity index (χ4n) is 6.88. The van der Waals surface area contributed by atoms with E-state index >= 15 is 0 Å². The van der Waals surface area contributed by atoms with Gasteiger partial charge in [-0.2, -0.15) is 0 Å². The highest BCUT2D eigenvalue weighted by molar-refractivity contribution is 5.77. The Kier molecular flexibility index (Phi) is 8.91. The van der Waals surface area contributed by atoms with Gasteiger partial charge in [0.15, 0.2) is 23.1 Å². The van der Waals surface area contributed by atoms with E-state index in [9.17, 15) is 8.78 Å². The molecule has 4 aromatic rings. The third-order valence-electron chi connectivity index (χ3n) is 9.32. The number of aromatic amines is 1. The van der Waals surface area contributed by atoms with E-state index in [-0.39, 0.29) is 5.41 Å². The van der Waals surface area contributed by atoms with Crippen molar-refractivity contribution in [2.45, 2.75) is 43.7 Å². The molecule has 2 aliphatic heterocycles. The zero-order valence-corrected chi connectivity index (χ0v) is 25.7. The second-order valence-electron chi connectivity index (χ2n) is 12.0. The number of aromatic nitrogens is 2. The fourth-order valence-corrected chi connectivity index (χ4v) is 6.88. The van der Waals surface area contributed by atoms with Crippen LogP contribution in [0.1, 0.15) is 36.8 Å². The molecule has 2 aliphatic rings. The number of anilines is 1. The van der Waals surface area contributed by atoms with Gasteiger partial charge >= 0.3 is 0 Å². The monoisotopic (exact) mass is 605 g/mol. The van der Waals surface area contributed by atoms with Gasteiger partial charge in [0.1, 0.15) is 0 Å². The van der Waals surface area contributed by atoms with Crippen molar-refractivity contribution in [3.63, 3.8) is 0 Å². The van der Waals surface area contributed by atoms with Gasteiger partial charge in [0, 0.05) is 37.6 Å². The molecule has 234 valence electrons. The number of methoxy groups -OCH3 is 3. The van der Waals surface area contributed by atoms with Gasteiger partial charge in [-0.3, -0.25) is 4.90 Å². The van der Waals surface area contributed by atoms with Gasteiger partial charge in [0.2, 0.25) is 11.7 Å². The van der Waals surface area contributed by atoms with Crippen LogP contribution in [0.15, 0.2) is 54.6 Å². The van der Waals surface area contributed by atoms with Crippen LogP contribution in [0.2, 0.25) is 0 Å². The topological polar surface area (TPSA) is 74.9 Å². The molecule has 2 saturated heterocycles. The predicted molar refractivity (Wildman–Crippen MR) is 168 cm³/mol. The number of rotatable bonds is 11. The first-order valence-corrected chi connectivity index (χ1v) is 15.3. The minimum absolute atomic E-state index is 0.279. The molecule has 3 aromatic carbocycles. The number of nitrogens with zero attached hydrogens (tertiary/aromatic N) is 3. The normalized spacial score (nSPS) is 19.8. The van der Waals surface area contributed by atoms with Crippen molar-refractivity contribution in [2.75, 3.05) is 59.4 Å². The number of likely N-dealkylation sites (tertiary alicyclic amines) is 2. The molecule has 10 heteroatoms. The summed E-state index contributed by atoms with van der Waals surface area (Å²) in [5.41, 5.74) is 3.62. The van der Waals surface area contributed by atoms with E-state index in [1.54, 1.807) is 27.4 Å². The van der Waals surface area contributed by atoms with Gasteiger partial charge < -0.3 is 29.4 Å². The number of hydrogen-bond acceptors (Lipinski definition) is 7. The van der Waals surface area contributed by atoms with Crippen molar-refractivity contribution in [3.8, 4) is 17.2 Å². The molecule has 8 nitrogen and oxygen atoms in total. The lowest BCUT2D eigenvalue weighted by molar-refractivity contribution is 0.193. The zero-order valence-electron chi connectivity index (χ0n) is 25.7. The molecule has 1 atom stereocenters. The molecular weight excluding hydrogens is 564 g/mol. The van der Waals surface area contributed by atoms with Crippen molar-refractivity contribution >= 4 is 17.0 Å². The number of fused-ring (bicyclic) bond motifs is 1. The number of ether oxygens (including phenoxy) is 3. The number of hydrogen-bond donors (Lipinski definition) is 2. The van der Waals surface area contributed by atoms with Crippen molar-refractivity contribution in [3.05, 3.63) is 77.4 Å². The first kappa shape index (κ1) is 30.1. The molecule has 0 bridgehead atoms. The highest BCUT2D eigenvalue weighted by atomic mass is 19.2.